The largest absolute Gasteiger partial charge is 0.481 e. The zero-order valence-corrected chi connectivity index (χ0v) is 12.5. The maximum absolute atomic E-state index is 10.6. The van der Waals surface area contributed by atoms with Crippen molar-refractivity contribution < 1.29 is 15.0 Å². The number of nitrogens with one attached hydrogen (secondary N) is 1. The molecule has 0 bridgehead atoms. The third-order valence-electron chi connectivity index (χ3n) is 3.39. The van der Waals surface area contributed by atoms with Gasteiger partial charge in [0.05, 0.1) is 6.42 Å². The molecule has 1 rings (SSSR count). The molecular weight excluding hydrogens is 254 g/mol. The lowest BCUT2D eigenvalue weighted by molar-refractivity contribution is -0.136. The highest BCUT2D eigenvalue weighted by Crippen LogP contribution is 2.22. The highest BCUT2D eigenvalue weighted by molar-refractivity contribution is 5.70. The van der Waals surface area contributed by atoms with Crippen LogP contribution in [-0.4, -0.2) is 28.8 Å². The summed E-state index contributed by atoms with van der Waals surface area (Å²) in [4.78, 5) is 10.6. The second-order valence-electron chi connectivity index (χ2n) is 6.20. The van der Waals surface area contributed by atoms with E-state index in [2.05, 4.69) is 26.1 Å². The van der Waals surface area contributed by atoms with Gasteiger partial charge in [-0.15, -0.1) is 0 Å². The summed E-state index contributed by atoms with van der Waals surface area (Å²) in [6.45, 7) is 7.34. The molecule has 1 unspecified atom stereocenters. The second-order valence-corrected chi connectivity index (χ2v) is 6.20. The standard InChI is InChI=1S/C16H25NO3/c1-16(2,3)14(8-9-18)17-11-13-6-4-12(5-7-13)10-15(19)20/h4-7,14,17-18H,8-11H2,1-3H3,(H,19,20). The first kappa shape index (κ1) is 16.7. The Labute approximate surface area is 120 Å². The SMILES string of the molecule is CC(C)(C)C(CCO)NCc1ccc(CC(=O)O)cc1. The number of aliphatic hydroxyl groups is 1. The lowest BCUT2D eigenvalue weighted by atomic mass is 9.85. The second kappa shape index (κ2) is 7.41. The Kier molecular flexibility index (Phi) is 6.17. The molecule has 3 N–H and O–H groups in total. The molecule has 20 heavy (non-hydrogen) atoms. The number of hydrogen-bond donors (Lipinski definition) is 3. The molecule has 4 heteroatoms. The van der Waals surface area contributed by atoms with Crippen molar-refractivity contribution in [2.24, 2.45) is 5.41 Å². The molecule has 0 amide bonds. The van der Waals surface area contributed by atoms with Crippen molar-refractivity contribution in [3.8, 4) is 0 Å². The minimum atomic E-state index is -0.813. The lowest BCUT2D eigenvalue weighted by Crippen LogP contribution is -2.40. The molecule has 1 aromatic rings. The molecule has 0 saturated carbocycles. The summed E-state index contributed by atoms with van der Waals surface area (Å²) >= 11 is 0. The van der Waals surface area contributed by atoms with Crippen LogP contribution < -0.4 is 5.32 Å². The molecule has 0 aliphatic heterocycles. The van der Waals surface area contributed by atoms with Gasteiger partial charge in [-0.2, -0.15) is 0 Å². The summed E-state index contributed by atoms with van der Waals surface area (Å²) in [6, 6.07) is 7.84. The Bertz CT molecular complexity index is 420. The predicted octanol–water partition coefficient (Wildman–Crippen LogP) is 2.20. The van der Waals surface area contributed by atoms with Crippen LogP contribution in [0, 0.1) is 5.41 Å². The van der Waals surface area contributed by atoms with Crippen molar-refractivity contribution in [3.63, 3.8) is 0 Å². The van der Waals surface area contributed by atoms with E-state index in [1.54, 1.807) is 0 Å². The van der Waals surface area contributed by atoms with Gasteiger partial charge < -0.3 is 15.5 Å². The summed E-state index contributed by atoms with van der Waals surface area (Å²) in [5, 5.41) is 21.3. The highest BCUT2D eigenvalue weighted by atomic mass is 16.4. The van der Waals surface area contributed by atoms with Crippen LogP contribution in [0.4, 0.5) is 0 Å². The fourth-order valence-electron chi connectivity index (χ4n) is 2.16. The number of aliphatic hydroxyl groups excluding tert-OH is 1. The van der Waals surface area contributed by atoms with Crippen LogP contribution in [0.25, 0.3) is 0 Å². The molecule has 1 atom stereocenters. The maximum Gasteiger partial charge on any atom is 0.307 e. The van der Waals surface area contributed by atoms with E-state index in [1.165, 1.54) is 0 Å². The molecule has 0 heterocycles. The van der Waals surface area contributed by atoms with Gasteiger partial charge in [0, 0.05) is 19.2 Å². The van der Waals surface area contributed by atoms with Crippen LogP contribution in [-0.2, 0) is 17.8 Å². The number of carboxylic acids is 1. The summed E-state index contributed by atoms with van der Waals surface area (Å²) in [5.74, 6) is -0.813. The summed E-state index contributed by atoms with van der Waals surface area (Å²) in [7, 11) is 0. The normalized spacial score (nSPS) is 13.2. The number of carbonyl (C=O) groups is 1. The fraction of sp³-hybridized carbons (Fsp3) is 0.562. The third kappa shape index (κ3) is 5.72. The van der Waals surface area contributed by atoms with E-state index >= 15 is 0 Å². The molecule has 0 aromatic heterocycles. The van der Waals surface area contributed by atoms with Gasteiger partial charge in [0.2, 0.25) is 0 Å². The van der Waals surface area contributed by atoms with Crippen LogP contribution in [0.15, 0.2) is 24.3 Å². The van der Waals surface area contributed by atoms with E-state index in [4.69, 9.17) is 10.2 Å². The van der Waals surface area contributed by atoms with E-state index in [-0.39, 0.29) is 24.5 Å². The van der Waals surface area contributed by atoms with Gasteiger partial charge in [0.1, 0.15) is 0 Å². The van der Waals surface area contributed by atoms with E-state index in [1.807, 2.05) is 24.3 Å². The van der Waals surface area contributed by atoms with Gasteiger partial charge in [-0.25, -0.2) is 0 Å². The topological polar surface area (TPSA) is 69.6 Å². The molecule has 0 aliphatic rings. The quantitative estimate of drug-likeness (QED) is 0.715. The number of carboxylic acid groups (broad SMARTS) is 1. The molecule has 0 fully saturated rings. The molecule has 0 aliphatic carbocycles. The number of aliphatic carboxylic acids is 1. The minimum absolute atomic E-state index is 0.0584. The van der Waals surface area contributed by atoms with Crippen LogP contribution >= 0.6 is 0 Å². The monoisotopic (exact) mass is 279 g/mol. The fourth-order valence-corrected chi connectivity index (χ4v) is 2.16. The van der Waals surface area contributed by atoms with E-state index < -0.39 is 5.97 Å². The number of benzene rings is 1. The first-order chi connectivity index (χ1) is 9.32. The van der Waals surface area contributed by atoms with Crippen molar-refractivity contribution in [1.82, 2.24) is 5.32 Å². The van der Waals surface area contributed by atoms with Crippen LogP contribution in [0.2, 0.25) is 0 Å². The van der Waals surface area contributed by atoms with E-state index in [0.29, 0.717) is 0 Å². The van der Waals surface area contributed by atoms with Gasteiger partial charge in [-0.1, -0.05) is 45.0 Å². The first-order valence-corrected chi connectivity index (χ1v) is 6.97. The van der Waals surface area contributed by atoms with E-state index in [0.717, 1.165) is 24.1 Å². The van der Waals surface area contributed by atoms with Crippen molar-refractivity contribution >= 4 is 5.97 Å². The number of hydrogen-bond acceptors (Lipinski definition) is 3. The highest BCUT2D eigenvalue weighted by Gasteiger charge is 2.23. The molecule has 4 nitrogen and oxygen atoms in total. The third-order valence-corrected chi connectivity index (χ3v) is 3.39. The predicted molar refractivity (Wildman–Crippen MR) is 79.6 cm³/mol. The lowest BCUT2D eigenvalue weighted by Gasteiger charge is -2.31. The first-order valence-electron chi connectivity index (χ1n) is 6.97. The van der Waals surface area contributed by atoms with Gasteiger partial charge in [0.25, 0.3) is 0 Å². The average Bonchev–Trinajstić information content (AvgIpc) is 2.34. The molecule has 1 aromatic carbocycles. The minimum Gasteiger partial charge on any atom is -0.481 e. The molecule has 0 saturated heterocycles. The zero-order valence-electron chi connectivity index (χ0n) is 12.5. The Morgan fingerprint density at radius 2 is 1.75 bits per heavy atom. The van der Waals surface area contributed by atoms with Gasteiger partial charge in [0.15, 0.2) is 0 Å². The summed E-state index contributed by atoms with van der Waals surface area (Å²) < 4.78 is 0. The van der Waals surface area contributed by atoms with Crippen LogP contribution in [0.5, 0.6) is 0 Å². The average molecular weight is 279 g/mol. The van der Waals surface area contributed by atoms with Gasteiger partial charge in [-0.05, 0) is 23.0 Å². The van der Waals surface area contributed by atoms with Gasteiger partial charge in [-0.3, -0.25) is 4.79 Å². The van der Waals surface area contributed by atoms with Crippen molar-refractivity contribution in [1.29, 1.82) is 0 Å². The molecule has 0 spiro atoms. The summed E-state index contributed by atoms with van der Waals surface area (Å²) in [5.41, 5.74) is 2.02. The van der Waals surface area contributed by atoms with Gasteiger partial charge >= 0.3 is 5.97 Å². The molecule has 112 valence electrons. The Balaban J connectivity index is 2.57. The van der Waals surface area contributed by atoms with Crippen LogP contribution in [0.1, 0.15) is 38.3 Å². The van der Waals surface area contributed by atoms with Crippen molar-refractivity contribution in [3.05, 3.63) is 35.4 Å². The van der Waals surface area contributed by atoms with Crippen molar-refractivity contribution in [2.75, 3.05) is 6.61 Å². The molecular formula is C16H25NO3. The maximum atomic E-state index is 10.6. The van der Waals surface area contributed by atoms with Crippen molar-refractivity contribution in [2.45, 2.75) is 46.2 Å². The smallest absolute Gasteiger partial charge is 0.307 e. The van der Waals surface area contributed by atoms with E-state index in [9.17, 15) is 4.79 Å². The Morgan fingerprint density at radius 1 is 1.20 bits per heavy atom. The zero-order chi connectivity index (χ0) is 15.2. The molecule has 0 radical (unpaired) electrons. The Hall–Kier alpha value is -1.39. The number of rotatable bonds is 7. The Morgan fingerprint density at radius 3 is 2.20 bits per heavy atom. The summed E-state index contributed by atoms with van der Waals surface area (Å²) in [6.07, 6.45) is 0.781. The van der Waals surface area contributed by atoms with Crippen LogP contribution in [0.3, 0.4) is 0 Å².